The normalized spacial score (nSPS) is 23.9. The van der Waals surface area contributed by atoms with Gasteiger partial charge in [-0.2, -0.15) is 0 Å². The van der Waals surface area contributed by atoms with Crippen LogP contribution in [-0.2, 0) is 0 Å². The Morgan fingerprint density at radius 3 is 2.70 bits per heavy atom. The Kier molecular flexibility index (Phi) is 3.49. The number of anilines is 2. The van der Waals surface area contributed by atoms with Gasteiger partial charge in [0.1, 0.15) is 0 Å². The lowest BCUT2D eigenvalue weighted by atomic mass is 10.00. The van der Waals surface area contributed by atoms with E-state index >= 15 is 0 Å². The van der Waals surface area contributed by atoms with Crippen LogP contribution in [0.25, 0.3) is 10.9 Å². The van der Waals surface area contributed by atoms with Crippen LogP contribution in [0.1, 0.15) is 33.1 Å². The van der Waals surface area contributed by atoms with E-state index in [0.717, 1.165) is 22.3 Å². The number of nitrogens with two attached hydrogens (primary N) is 1. The van der Waals surface area contributed by atoms with Gasteiger partial charge in [0.25, 0.3) is 0 Å². The number of piperidine rings is 1. The first-order valence-corrected chi connectivity index (χ1v) is 7.35. The molecule has 3 rings (SSSR count). The number of hydrogen-bond acceptors (Lipinski definition) is 4. The van der Waals surface area contributed by atoms with Crippen LogP contribution in [0.15, 0.2) is 30.5 Å². The minimum atomic E-state index is 0.544. The van der Waals surface area contributed by atoms with Crippen LogP contribution in [0, 0.1) is 0 Å². The molecule has 3 N–H and O–H groups in total. The first-order chi connectivity index (χ1) is 9.66. The van der Waals surface area contributed by atoms with E-state index in [1.54, 1.807) is 6.20 Å². The second-order valence-corrected chi connectivity index (χ2v) is 5.75. The second-order valence-electron chi connectivity index (χ2n) is 5.75. The summed E-state index contributed by atoms with van der Waals surface area (Å²) in [6.07, 6.45) is 5.57. The first-order valence-electron chi connectivity index (χ1n) is 7.35. The first kappa shape index (κ1) is 13.2. The summed E-state index contributed by atoms with van der Waals surface area (Å²) in [6, 6.07) is 9.09. The highest BCUT2D eigenvalue weighted by Gasteiger charge is 2.25. The minimum absolute atomic E-state index is 0.544. The topological polar surface area (TPSA) is 54.2 Å². The molecule has 0 bridgehead atoms. The van der Waals surface area contributed by atoms with E-state index in [9.17, 15) is 0 Å². The number of nitrogens with one attached hydrogen (secondary N) is 1. The number of benzene rings is 1. The fourth-order valence-electron chi connectivity index (χ4n) is 3.07. The average molecular weight is 270 g/mol. The molecule has 2 aromatic rings. The quantitative estimate of drug-likeness (QED) is 0.821. The maximum Gasteiger partial charge on any atom is 0.0952 e. The van der Waals surface area contributed by atoms with Crippen molar-refractivity contribution in [3.63, 3.8) is 0 Å². The van der Waals surface area contributed by atoms with Crippen molar-refractivity contribution in [2.75, 3.05) is 11.2 Å². The van der Waals surface area contributed by atoms with Gasteiger partial charge >= 0.3 is 0 Å². The molecule has 4 heteroatoms. The molecule has 1 aromatic heterocycles. The maximum atomic E-state index is 6.01. The summed E-state index contributed by atoms with van der Waals surface area (Å²) in [7, 11) is 0. The van der Waals surface area contributed by atoms with Crippen molar-refractivity contribution in [1.82, 2.24) is 9.99 Å². The number of nitrogens with zero attached hydrogens (tertiary/aromatic N) is 2. The van der Waals surface area contributed by atoms with Gasteiger partial charge in [-0.3, -0.25) is 4.98 Å². The number of fused-ring (bicyclic) bond motifs is 1. The maximum absolute atomic E-state index is 6.01. The third-order valence-electron chi connectivity index (χ3n) is 4.24. The molecule has 0 spiro atoms. The van der Waals surface area contributed by atoms with Crippen LogP contribution in [0.2, 0.25) is 0 Å². The van der Waals surface area contributed by atoms with E-state index in [1.165, 1.54) is 19.3 Å². The van der Waals surface area contributed by atoms with E-state index in [0.29, 0.717) is 12.1 Å². The third-order valence-corrected chi connectivity index (χ3v) is 4.24. The summed E-state index contributed by atoms with van der Waals surface area (Å²) >= 11 is 0. The highest BCUT2D eigenvalue weighted by atomic mass is 15.5. The van der Waals surface area contributed by atoms with Crippen molar-refractivity contribution in [2.45, 2.75) is 45.2 Å². The second kappa shape index (κ2) is 5.29. The van der Waals surface area contributed by atoms with Gasteiger partial charge in [0.2, 0.25) is 0 Å². The Hall–Kier alpha value is -1.81. The predicted octanol–water partition coefficient (Wildman–Crippen LogP) is 3.41. The summed E-state index contributed by atoms with van der Waals surface area (Å²) < 4.78 is 0. The number of rotatable bonds is 2. The zero-order valence-electron chi connectivity index (χ0n) is 12.1. The largest absolute Gasteiger partial charge is 0.397 e. The summed E-state index contributed by atoms with van der Waals surface area (Å²) in [6.45, 7) is 4.56. The van der Waals surface area contributed by atoms with Gasteiger partial charge in [-0.05, 0) is 51.0 Å². The minimum Gasteiger partial charge on any atom is -0.397 e. The highest BCUT2D eigenvalue weighted by molar-refractivity contribution is 5.98. The lowest BCUT2D eigenvalue weighted by Crippen LogP contribution is -2.47. The van der Waals surface area contributed by atoms with E-state index in [4.69, 9.17) is 5.73 Å². The zero-order chi connectivity index (χ0) is 14.1. The Morgan fingerprint density at radius 1 is 1.20 bits per heavy atom. The van der Waals surface area contributed by atoms with Gasteiger partial charge in [-0.15, -0.1) is 0 Å². The molecule has 0 saturated carbocycles. The number of hydrazine groups is 1. The van der Waals surface area contributed by atoms with Crippen molar-refractivity contribution in [3.8, 4) is 0 Å². The molecule has 20 heavy (non-hydrogen) atoms. The molecule has 4 nitrogen and oxygen atoms in total. The summed E-state index contributed by atoms with van der Waals surface area (Å²) in [5, 5.41) is 3.44. The van der Waals surface area contributed by atoms with Crippen molar-refractivity contribution in [3.05, 3.63) is 30.5 Å². The van der Waals surface area contributed by atoms with Crippen LogP contribution >= 0.6 is 0 Å². The van der Waals surface area contributed by atoms with Gasteiger partial charge in [-0.25, -0.2) is 5.01 Å². The van der Waals surface area contributed by atoms with Crippen LogP contribution in [0.3, 0.4) is 0 Å². The molecule has 2 atom stereocenters. The van der Waals surface area contributed by atoms with Crippen molar-refractivity contribution >= 4 is 22.3 Å². The van der Waals surface area contributed by atoms with Crippen LogP contribution < -0.4 is 11.2 Å². The Balaban J connectivity index is 1.96. The van der Waals surface area contributed by atoms with Crippen molar-refractivity contribution in [1.29, 1.82) is 0 Å². The lowest BCUT2D eigenvalue weighted by molar-refractivity contribution is 0.136. The van der Waals surface area contributed by atoms with E-state index < -0.39 is 0 Å². The SMILES string of the molecule is CC1CCCC(C)N1Nc1ccc(N)c2ncccc12. The summed E-state index contributed by atoms with van der Waals surface area (Å²) in [5.41, 5.74) is 12.3. The molecule has 1 aromatic carbocycles. The fraction of sp³-hybridized carbons (Fsp3) is 0.438. The van der Waals surface area contributed by atoms with Crippen LogP contribution in [0.5, 0.6) is 0 Å². The van der Waals surface area contributed by atoms with Gasteiger partial charge in [0.05, 0.1) is 16.9 Å². The Labute approximate surface area is 120 Å². The molecule has 0 amide bonds. The number of hydrogen-bond donors (Lipinski definition) is 2. The van der Waals surface area contributed by atoms with Gasteiger partial charge in [0, 0.05) is 23.7 Å². The number of pyridine rings is 1. The third kappa shape index (κ3) is 2.31. The Morgan fingerprint density at radius 2 is 1.95 bits per heavy atom. The van der Waals surface area contributed by atoms with Gasteiger partial charge in [-0.1, -0.05) is 6.42 Å². The smallest absolute Gasteiger partial charge is 0.0952 e. The van der Waals surface area contributed by atoms with Crippen molar-refractivity contribution in [2.24, 2.45) is 0 Å². The van der Waals surface area contributed by atoms with Crippen LogP contribution in [0.4, 0.5) is 11.4 Å². The van der Waals surface area contributed by atoms with E-state index in [-0.39, 0.29) is 0 Å². The van der Waals surface area contributed by atoms with E-state index in [2.05, 4.69) is 35.3 Å². The number of aromatic nitrogens is 1. The molecule has 1 aliphatic heterocycles. The van der Waals surface area contributed by atoms with Gasteiger partial charge < -0.3 is 11.2 Å². The van der Waals surface area contributed by atoms with Crippen molar-refractivity contribution < 1.29 is 0 Å². The molecule has 1 aliphatic rings. The van der Waals surface area contributed by atoms with Crippen LogP contribution in [-0.4, -0.2) is 22.1 Å². The zero-order valence-corrected chi connectivity index (χ0v) is 12.1. The molecule has 1 fully saturated rings. The summed E-state index contributed by atoms with van der Waals surface area (Å²) in [4.78, 5) is 4.39. The van der Waals surface area contributed by atoms with Gasteiger partial charge in [0.15, 0.2) is 0 Å². The molecule has 2 unspecified atom stereocenters. The number of nitrogen functional groups attached to an aromatic ring is 1. The molecule has 0 aliphatic carbocycles. The molecular formula is C16H22N4. The molecule has 106 valence electrons. The molecular weight excluding hydrogens is 248 g/mol. The molecule has 0 radical (unpaired) electrons. The predicted molar refractivity (Wildman–Crippen MR) is 84.4 cm³/mol. The molecule has 1 saturated heterocycles. The average Bonchev–Trinajstić information content (AvgIpc) is 2.46. The lowest BCUT2D eigenvalue weighted by Gasteiger charge is -2.39. The standard InChI is InChI=1S/C16H22N4/c1-11-5-3-6-12(2)20(11)19-15-9-8-14(17)16-13(15)7-4-10-18-16/h4,7-12,19H,3,5-6,17H2,1-2H3. The Bertz CT molecular complexity index is 600. The fourth-order valence-corrected chi connectivity index (χ4v) is 3.07. The highest BCUT2D eigenvalue weighted by Crippen LogP contribution is 2.29. The summed E-state index contributed by atoms with van der Waals surface area (Å²) in [5.74, 6) is 0. The monoisotopic (exact) mass is 270 g/mol. The van der Waals surface area contributed by atoms with E-state index in [1.807, 2.05) is 18.2 Å². The molecule has 2 heterocycles.